The van der Waals surface area contributed by atoms with E-state index in [4.69, 9.17) is 0 Å². The van der Waals surface area contributed by atoms with Crippen molar-refractivity contribution < 1.29 is 19.5 Å². The molecule has 3 N–H and O–H groups in total. The highest BCUT2D eigenvalue weighted by atomic mass is 32.1. The van der Waals surface area contributed by atoms with Crippen molar-refractivity contribution in [1.29, 1.82) is 0 Å². The number of hydrogen-bond donors (Lipinski definition) is 3. The molecular weight excluding hydrogens is 470 g/mol. The molecule has 0 radical (unpaired) electrons. The van der Waals surface area contributed by atoms with E-state index in [1.807, 2.05) is 48.9 Å². The monoisotopic (exact) mass is 497 g/mol. The van der Waals surface area contributed by atoms with Crippen molar-refractivity contribution in [2.24, 2.45) is 5.92 Å². The Hall–Kier alpha value is -3.01. The molecule has 2 aromatic heterocycles. The summed E-state index contributed by atoms with van der Waals surface area (Å²) in [4.78, 5) is 40.8. The third-order valence-electron chi connectivity index (χ3n) is 5.66. The van der Waals surface area contributed by atoms with Gasteiger partial charge in [0.05, 0.1) is 6.54 Å². The summed E-state index contributed by atoms with van der Waals surface area (Å²) in [6, 6.07) is 10.9. The second-order valence-corrected chi connectivity index (χ2v) is 10.5. The van der Waals surface area contributed by atoms with Gasteiger partial charge in [-0.1, -0.05) is 19.9 Å². The molecule has 0 spiro atoms. The number of aliphatic hydroxyl groups excluding tert-OH is 1. The Balaban J connectivity index is 1.36. The molecule has 0 saturated heterocycles. The van der Waals surface area contributed by atoms with Gasteiger partial charge in [0.2, 0.25) is 5.91 Å². The van der Waals surface area contributed by atoms with Crippen LogP contribution in [0.3, 0.4) is 0 Å². The minimum absolute atomic E-state index is 0.0432. The van der Waals surface area contributed by atoms with Gasteiger partial charge in [-0.3, -0.25) is 14.4 Å². The van der Waals surface area contributed by atoms with Crippen LogP contribution in [0.4, 0.5) is 11.4 Å². The summed E-state index contributed by atoms with van der Waals surface area (Å²) in [5.41, 5.74) is 3.15. The molecule has 1 aliphatic rings. The lowest BCUT2D eigenvalue weighted by atomic mass is 9.99. The third-order valence-corrected chi connectivity index (χ3v) is 7.50. The molecule has 4 rings (SSSR count). The Morgan fingerprint density at radius 2 is 1.94 bits per heavy atom. The predicted octanol–water partition coefficient (Wildman–Crippen LogP) is 4.08. The van der Waals surface area contributed by atoms with E-state index in [9.17, 15) is 19.5 Å². The Kier molecular flexibility index (Phi) is 7.45. The maximum absolute atomic E-state index is 12.6. The summed E-state index contributed by atoms with van der Waals surface area (Å²) in [5.74, 6) is -1.60. The van der Waals surface area contributed by atoms with Crippen molar-refractivity contribution >= 4 is 51.8 Å². The maximum Gasteiger partial charge on any atom is 0.313 e. The van der Waals surface area contributed by atoms with Gasteiger partial charge < -0.3 is 20.6 Å². The molecule has 178 valence electrons. The number of aryl methyl sites for hydroxylation is 1. The van der Waals surface area contributed by atoms with Gasteiger partial charge in [-0.2, -0.15) is 11.3 Å². The standard InChI is InChI=1S/C25H27N3O4S2/c1-15(2)25(32)28-10-3-4-16-5-6-18(12-20(16)28)27-24(31)23(30)26-13-19-7-8-21(34-19)22(29)17-9-11-33-14-17/h5-9,11-12,14-15,22,29H,3-4,10,13H2,1-2H3,(H,26,30)(H,27,31). The van der Waals surface area contributed by atoms with Crippen LogP contribution in [0.2, 0.25) is 0 Å². The van der Waals surface area contributed by atoms with Crippen molar-refractivity contribution in [2.75, 3.05) is 16.8 Å². The highest BCUT2D eigenvalue weighted by molar-refractivity contribution is 7.12. The van der Waals surface area contributed by atoms with Crippen LogP contribution in [0.5, 0.6) is 0 Å². The van der Waals surface area contributed by atoms with Gasteiger partial charge in [0.15, 0.2) is 0 Å². The number of anilines is 2. The second kappa shape index (κ2) is 10.5. The van der Waals surface area contributed by atoms with Crippen molar-refractivity contribution in [1.82, 2.24) is 5.32 Å². The first kappa shape index (κ1) is 24.1. The van der Waals surface area contributed by atoms with Gasteiger partial charge in [-0.05, 0) is 65.1 Å². The Morgan fingerprint density at radius 3 is 2.68 bits per heavy atom. The molecule has 0 saturated carbocycles. The first-order valence-corrected chi connectivity index (χ1v) is 12.9. The highest BCUT2D eigenvalue weighted by Gasteiger charge is 2.25. The Labute approximate surface area is 206 Å². The average Bonchev–Trinajstić information content (AvgIpc) is 3.53. The summed E-state index contributed by atoms with van der Waals surface area (Å²) in [6.45, 7) is 4.57. The number of benzene rings is 1. The van der Waals surface area contributed by atoms with Gasteiger partial charge >= 0.3 is 11.8 Å². The molecule has 3 amide bonds. The van der Waals surface area contributed by atoms with E-state index in [0.29, 0.717) is 12.2 Å². The molecule has 0 bridgehead atoms. The molecule has 3 aromatic rings. The van der Waals surface area contributed by atoms with Crippen LogP contribution in [-0.2, 0) is 27.3 Å². The molecule has 1 unspecified atom stereocenters. The fourth-order valence-corrected chi connectivity index (χ4v) is 5.51. The first-order valence-electron chi connectivity index (χ1n) is 11.2. The van der Waals surface area contributed by atoms with Gasteiger partial charge in [0.1, 0.15) is 6.10 Å². The van der Waals surface area contributed by atoms with Crippen LogP contribution >= 0.6 is 22.7 Å². The fraction of sp³-hybridized carbons (Fsp3) is 0.320. The summed E-state index contributed by atoms with van der Waals surface area (Å²) >= 11 is 2.91. The van der Waals surface area contributed by atoms with E-state index in [-0.39, 0.29) is 18.4 Å². The van der Waals surface area contributed by atoms with Crippen LogP contribution in [0.25, 0.3) is 0 Å². The van der Waals surface area contributed by atoms with E-state index >= 15 is 0 Å². The van der Waals surface area contributed by atoms with Crippen LogP contribution in [-0.4, -0.2) is 29.4 Å². The highest BCUT2D eigenvalue weighted by Crippen LogP contribution is 2.31. The smallest absolute Gasteiger partial charge is 0.313 e. The number of aliphatic hydroxyl groups is 1. The molecule has 7 nitrogen and oxygen atoms in total. The van der Waals surface area contributed by atoms with E-state index < -0.39 is 17.9 Å². The molecule has 0 aliphatic carbocycles. The fourth-order valence-electron chi connectivity index (χ4n) is 3.86. The number of rotatable bonds is 6. The number of nitrogens with one attached hydrogen (secondary N) is 2. The first-order chi connectivity index (χ1) is 16.3. The topological polar surface area (TPSA) is 98.7 Å². The summed E-state index contributed by atoms with van der Waals surface area (Å²) in [6.07, 6.45) is 1.07. The van der Waals surface area contributed by atoms with Gasteiger partial charge in [-0.25, -0.2) is 0 Å². The molecule has 1 aliphatic heterocycles. The number of nitrogens with zero attached hydrogens (tertiary/aromatic N) is 1. The molecule has 1 aromatic carbocycles. The van der Waals surface area contributed by atoms with E-state index in [1.54, 1.807) is 17.0 Å². The van der Waals surface area contributed by atoms with Crippen LogP contribution < -0.4 is 15.5 Å². The normalized spacial score (nSPS) is 13.9. The number of carbonyl (C=O) groups excluding carboxylic acids is 3. The Morgan fingerprint density at radius 1 is 1.12 bits per heavy atom. The zero-order chi connectivity index (χ0) is 24.2. The van der Waals surface area contributed by atoms with E-state index in [0.717, 1.165) is 39.4 Å². The van der Waals surface area contributed by atoms with Gasteiger partial charge in [0.25, 0.3) is 0 Å². The van der Waals surface area contributed by atoms with Gasteiger partial charge in [0, 0.05) is 33.6 Å². The number of fused-ring (bicyclic) bond motifs is 1. The molecular formula is C25H27N3O4S2. The zero-order valence-electron chi connectivity index (χ0n) is 19.0. The molecule has 1 atom stereocenters. The largest absolute Gasteiger partial charge is 0.383 e. The summed E-state index contributed by atoms with van der Waals surface area (Å²) < 4.78 is 0. The van der Waals surface area contributed by atoms with Crippen molar-refractivity contribution in [3.8, 4) is 0 Å². The van der Waals surface area contributed by atoms with Crippen LogP contribution in [0, 0.1) is 5.92 Å². The number of amides is 3. The lowest BCUT2D eigenvalue weighted by Gasteiger charge is -2.31. The minimum atomic E-state index is -0.771. The lowest BCUT2D eigenvalue weighted by molar-refractivity contribution is -0.136. The van der Waals surface area contributed by atoms with Crippen molar-refractivity contribution in [3.05, 3.63) is 68.0 Å². The molecule has 34 heavy (non-hydrogen) atoms. The lowest BCUT2D eigenvalue weighted by Crippen LogP contribution is -2.38. The predicted molar refractivity (Wildman–Crippen MR) is 135 cm³/mol. The van der Waals surface area contributed by atoms with Crippen molar-refractivity contribution in [2.45, 2.75) is 39.3 Å². The number of hydrogen-bond acceptors (Lipinski definition) is 6. The van der Waals surface area contributed by atoms with Crippen molar-refractivity contribution in [3.63, 3.8) is 0 Å². The van der Waals surface area contributed by atoms with Crippen LogP contribution in [0.15, 0.2) is 47.2 Å². The minimum Gasteiger partial charge on any atom is -0.383 e. The zero-order valence-corrected chi connectivity index (χ0v) is 20.7. The maximum atomic E-state index is 12.6. The summed E-state index contributed by atoms with van der Waals surface area (Å²) in [5, 5.41) is 19.5. The Bertz CT molecular complexity index is 1190. The molecule has 0 fully saturated rings. The van der Waals surface area contributed by atoms with Crippen LogP contribution in [0.1, 0.15) is 47.3 Å². The molecule has 3 heterocycles. The number of carbonyl (C=O) groups is 3. The van der Waals surface area contributed by atoms with E-state index in [2.05, 4.69) is 10.6 Å². The number of thiophene rings is 2. The second-order valence-electron chi connectivity index (χ2n) is 8.49. The molecule has 9 heteroatoms. The summed E-state index contributed by atoms with van der Waals surface area (Å²) in [7, 11) is 0. The van der Waals surface area contributed by atoms with Gasteiger partial charge in [-0.15, -0.1) is 11.3 Å². The van der Waals surface area contributed by atoms with E-state index in [1.165, 1.54) is 22.7 Å². The third kappa shape index (κ3) is 5.38. The quantitative estimate of drug-likeness (QED) is 0.447. The average molecular weight is 498 g/mol. The SMILES string of the molecule is CC(C)C(=O)N1CCCc2ccc(NC(=O)C(=O)NCc3ccc(C(O)c4ccsc4)s3)cc21.